The summed E-state index contributed by atoms with van der Waals surface area (Å²) in [5.74, 6) is -3.47. The van der Waals surface area contributed by atoms with Crippen LogP contribution >= 0.6 is 0 Å². The number of carbonyl (C=O) groups is 1. The van der Waals surface area contributed by atoms with Crippen LogP contribution in [0.1, 0.15) is 38.6 Å². The number of rotatable bonds is 7. The predicted octanol–water partition coefficient (Wildman–Crippen LogP) is 3.00. The Morgan fingerprint density at radius 2 is 1.88 bits per heavy atom. The number of nitrogens with zero attached hydrogens (tertiary/aromatic N) is 4. The Kier molecular flexibility index (Phi) is 6.36. The molecule has 0 aliphatic heterocycles. The van der Waals surface area contributed by atoms with Gasteiger partial charge in [-0.25, -0.2) is 23.1 Å². The molecule has 176 valence electrons. The maximum atomic E-state index is 14.3. The predicted molar refractivity (Wildman–Crippen MR) is 115 cm³/mol. The van der Waals surface area contributed by atoms with Crippen LogP contribution in [0.3, 0.4) is 0 Å². The van der Waals surface area contributed by atoms with Gasteiger partial charge in [-0.3, -0.25) is 9.36 Å². The molecule has 0 bridgehead atoms. The first kappa shape index (κ1) is 22.8. The number of amides is 1. The van der Waals surface area contributed by atoms with Crippen molar-refractivity contribution in [3.05, 3.63) is 35.8 Å². The van der Waals surface area contributed by atoms with E-state index in [-0.39, 0.29) is 42.4 Å². The van der Waals surface area contributed by atoms with E-state index in [2.05, 4.69) is 25.6 Å². The van der Waals surface area contributed by atoms with Crippen molar-refractivity contribution in [1.82, 2.24) is 19.5 Å². The fraction of sp³-hybridized carbons (Fsp3) is 0.429. The maximum absolute atomic E-state index is 14.3. The molecule has 0 unspecified atom stereocenters. The van der Waals surface area contributed by atoms with Crippen molar-refractivity contribution >= 4 is 34.7 Å². The van der Waals surface area contributed by atoms with Gasteiger partial charge in [-0.15, -0.1) is 0 Å². The molecule has 2 heterocycles. The molecular weight excluding hydrogens is 439 g/mol. The van der Waals surface area contributed by atoms with Crippen LogP contribution in [-0.2, 0) is 4.79 Å². The van der Waals surface area contributed by atoms with E-state index in [0.29, 0.717) is 49.0 Å². The van der Waals surface area contributed by atoms with Crippen LogP contribution in [-0.4, -0.2) is 43.2 Å². The van der Waals surface area contributed by atoms with Crippen LogP contribution in [0.5, 0.6) is 0 Å². The van der Waals surface area contributed by atoms with Crippen LogP contribution in [0.25, 0.3) is 11.2 Å². The summed E-state index contributed by atoms with van der Waals surface area (Å²) in [4.78, 5) is 24.7. The van der Waals surface area contributed by atoms with Crippen LogP contribution in [0.4, 0.5) is 30.8 Å². The Hall–Kier alpha value is -3.41. The Labute approximate surface area is 187 Å². The Morgan fingerprint density at radius 3 is 2.48 bits per heavy atom. The molecule has 1 aliphatic carbocycles. The quantitative estimate of drug-likeness (QED) is 0.424. The summed E-state index contributed by atoms with van der Waals surface area (Å²) in [5.41, 5.74) is 5.69. The van der Waals surface area contributed by atoms with Crippen LogP contribution in [0, 0.1) is 23.4 Å². The highest BCUT2D eigenvalue weighted by molar-refractivity contribution is 5.78. The molecule has 1 saturated carbocycles. The lowest BCUT2D eigenvalue weighted by Gasteiger charge is -2.29. The number of nitrogens with one attached hydrogen (secondary N) is 2. The van der Waals surface area contributed by atoms with Gasteiger partial charge in [0, 0.05) is 30.1 Å². The molecule has 0 radical (unpaired) electrons. The first-order valence-corrected chi connectivity index (χ1v) is 10.6. The summed E-state index contributed by atoms with van der Waals surface area (Å²) >= 11 is 0. The van der Waals surface area contributed by atoms with Gasteiger partial charge >= 0.3 is 0 Å². The van der Waals surface area contributed by atoms with E-state index in [1.54, 1.807) is 11.5 Å². The molecule has 0 saturated heterocycles. The molecule has 12 heteroatoms. The van der Waals surface area contributed by atoms with E-state index in [9.17, 15) is 23.1 Å². The van der Waals surface area contributed by atoms with Gasteiger partial charge in [-0.1, -0.05) is 0 Å². The highest BCUT2D eigenvalue weighted by atomic mass is 19.1. The number of imidazole rings is 1. The number of nitrogens with two attached hydrogens (primary N) is 1. The van der Waals surface area contributed by atoms with E-state index < -0.39 is 23.1 Å². The van der Waals surface area contributed by atoms with Crippen molar-refractivity contribution < 1.29 is 23.1 Å². The molecule has 4 rings (SSSR count). The topological polar surface area (TPSA) is 131 Å². The average molecular weight is 463 g/mol. The summed E-state index contributed by atoms with van der Waals surface area (Å²) in [7, 11) is 0. The van der Waals surface area contributed by atoms with E-state index in [4.69, 9.17) is 5.73 Å². The second-order valence-corrected chi connectivity index (χ2v) is 8.21. The zero-order valence-electron chi connectivity index (χ0n) is 17.9. The van der Waals surface area contributed by atoms with Gasteiger partial charge in [-0.05, 0) is 32.6 Å². The monoisotopic (exact) mass is 463 g/mol. The minimum absolute atomic E-state index is 0.110. The molecule has 33 heavy (non-hydrogen) atoms. The third-order valence-electron chi connectivity index (χ3n) is 5.79. The van der Waals surface area contributed by atoms with Crippen LogP contribution < -0.4 is 16.4 Å². The average Bonchev–Trinajstić information content (AvgIpc) is 3.13. The number of fused-ring (bicyclic) bond motifs is 1. The molecule has 0 spiro atoms. The molecule has 1 aromatic carbocycles. The van der Waals surface area contributed by atoms with Crippen LogP contribution in [0.2, 0.25) is 0 Å². The number of hydrogen-bond donors (Lipinski definition) is 4. The van der Waals surface area contributed by atoms with E-state index in [0.717, 1.165) is 0 Å². The lowest BCUT2D eigenvalue weighted by molar-refractivity contribution is -0.122. The van der Waals surface area contributed by atoms with E-state index in [1.807, 2.05) is 0 Å². The number of hydrogen-bond acceptors (Lipinski definition) is 7. The zero-order valence-corrected chi connectivity index (χ0v) is 17.9. The molecule has 1 aliphatic rings. The van der Waals surface area contributed by atoms with Gasteiger partial charge in [0.2, 0.25) is 17.8 Å². The fourth-order valence-electron chi connectivity index (χ4n) is 4.05. The molecule has 5 N–H and O–H groups in total. The number of benzene rings is 1. The van der Waals surface area contributed by atoms with Crippen molar-refractivity contribution in [1.29, 1.82) is 0 Å². The van der Waals surface area contributed by atoms with Crippen molar-refractivity contribution in [2.45, 2.75) is 44.7 Å². The fourth-order valence-corrected chi connectivity index (χ4v) is 4.05. The van der Waals surface area contributed by atoms with E-state index in [1.165, 1.54) is 6.20 Å². The molecule has 2 aromatic heterocycles. The number of aromatic nitrogens is 4. The minimum atomic E-state index is -1.10. The SMILES string of the molecule is C[C@@H](CO)Nc1ncc2nc(Nc3c(F)cc(F)cc3F)n([C@H]3CC[C@H](C(N)=O)CC3)c2n1. The summed E-state index contributed by atoms with van der Waals surface area (Å²) in [6, 6.07) is 0.672. The number of carbonyl (C=O) groups excluding carboxylic acids is 1. The molecule has 3 aromatic rings. The summed E-state index contributed by atoms with van der Waals surface area (Å²) in [5, 5.41) is 14.9. The summed E-state index contributed by atoms with van der Waals surface area (Å²) < 4.78 is 43.7. The Bertz CT molecular complexity index is 1160. The van der Waals surface area contributed by atoms with Gasteiger partial charge < -0.3 is 21.5 Å². The molecule has 9 nitrogen and oxygen atoms in total. The first-order valence-electron chi connectivity index (χ1n) is 10.6. The van der Waals surface area contributed by atoms with E-state index >= 15 is 0 Å². The summed E-state index contributed by atoms with van der Waals surface area (Å²) in [6.07, 6.45) is 3.71. The van der Waals surface area contributed by atoms with Gasteiger partial charge in [0.15, 0.2) is 17.3 Å². The normalized spacial score (nSPS) is 19.4. The highest BCUT2D eigenvalue weighted by Gasteiger charge is 2.29. The third kappa shape index (κ3) is 4.70. The second kappa shape index (κ2) is 9.22. The zero-order chi connectivity index (χ0) is 23.7. The van der Waals surface area contributed by atoms with Crippen molar-refractivity contribution in [3.8, 4) is 0 Å². The third-order valence-corrected chi connectivity index (χ3v) is 5.79. The molecule has 1 fully saturated rings. The minimum Gasteiger partial charge on any atom is -0.394 e. The smallest absolute Gasteiger partial charge is 0.225 e. The first-order chi connectivity index (χ1) is 15.8. The number of aliphatic hydroxyl groups is 1. The highest BCUT2D eigenvalue weighted by Crippen LogP contribution is 2.37. The lowest BCUT2D eigenvalue weighted by Crippen LogP contribution is -2.29. The van der Waals surface area contributed by atoms with Crippen molar-refractivity contribution in [2.75, 3.05) is 17.2 Å². The van der Waals surface area contributed by atoms with Gasteiger partial charge in [0.05, 0.1) is 12.8 Å². The second-order valence-electron chi connectivity index (χ2n) is 8.21. The maximum Gasteiger partial charge on any atom is 0.225 e. The summed E-state index contributed by atoms with van der Waals surface area (Å²) in [6.45, 7) is 1.62. The van der Waals surface area contributed by atoms with Crippen molar-refractivity contribution in [3.63, 3.8) is 0 Å². The Balaban J connectivity index is 1.77. The van der Waals surface area contributed by atoms with Gasteiger partial charge in [0.25, 0.3) is 0 Å². The largest absolute Gasteiger partial charge is 0.394 e. The molecular formula is C21H24F3N7O2. The van der Waals surface area contributed by atoms with Gasteiger partial charge in [-0.2, -0.15) is 4.98 Å². The Morgan fingerprint density at radius 1 is 1.21 bits per heavy atom. The van der Waals surface area contributed by atoms with Crippen LogP contribution in [0.15, 0.2) is 18.3 Å². The van der Waals surface area contributed by atoms with Crippen molar-refractivity contribution in [2.24, 2.45) is 11.7 Å². The number of anilines is 3. The number of halogens is 3. The number of aliphatic hydroxyl groups excluding tert-OH is 1. The van der Waals surface area contributed by atoms with Gasteiger partial charge in [0.1, 0.15) is 17.0 Å². The molecule has 1 atom stereocenters. The molecule has 1 amide bonds. The standard InChI is InChI=1S/C21H24F3N7O2/c1-10(9-32)27-20-26-8-16-19(30-20)31(13-4-2-11(3-5-13)18(25)33)21(28-16)29-17-14(23)6-12(22)7-15(17)24/h6-8,10-11,13,32H,2-5,9H2,1H3,(H2,25,33)(H,28,29)(H,26,27,30)/t10-,11-,13-/m0/s1. The number of primary amides is 1. The lowest BCUT2D eigenvalue weighted by atomic mass is 9.85.